The summed E-state index contributed by atoms with van der Waals surface area (Å²) in [4.78, 5) is 0. The van der Waals surface area contributed by atoms with Gasteiger partial charge in [0.05, 0.1) is 0 Å². The van der Waals surface area contributed by atoms with Crippen molar-refractivity contribution in [1.29, 1.82) is 0 Å². The summed E-state index contributed by atoms with van der Waals surface area (Å²) in [5, 5.41) is 32.7. The quantitative estimate of drug-likeness (QED) is 0.620. The maximum atomic E-state index is 10.6. The third kappa shape index (κ3) is 3.62. The van der Waals surface area contributed by atoms with Crippen molar-refractivity contribution >= 4 is 0 Å². The topological polar surface area (TPSA) is 72.7 Å². The van der Waals surface area contributed by atoms with Crippen molar-refractivity contribution in [1.82, 2.24) is 5.32 Å². The first kappa shape index (κ1) is 14.8. The van der Waals surface area contributed by atoms with Crippen LogP contribution in [-0.2, 0) is 5.60 Å². The molecule has 18 heavy (non-hydrogen) atoms. The van der Waals surface area contributed by atoms with E-state index in [1.807, 2.05) is 27.7 Å². The molecule has 4 N–H and O–H groups in total. The van der Waals surface area contributed by atoms with E-state index in [9.17, 15) is 15.3 Å². The molecule has 0 amide bonds. The fraction of sp³-hybridized carbons (Fsp3) is 0.571. The number of rotatable bonds is 4. The van der Waals surface area contributed by atoms with Crippen LogP contribution in [0, 0.1) is 0 Å². The minimum atomic E-state index is -1.06. The van der Waals surface area contributed by atoms with Gasteiger partial charge in [0.2, 0.25) is 0 Å². The van der Waals surface area contributed by atoms with E-state index in [-0.39, 0.29) is 17.0 Å². The SMILES string of the molecule is CCC(O)(CNC(C)(C)C)c1ccc(O)c(O)c1. The van der Waals surface area contributed by atoms with Crippen LogP contribution < -0.4 is 5.32 Å². The monoisotopic (exact) mass is 253 g/mol. The van der Waals surface area contributed by atoms with Crippen LogP contribution in [0.2, 0.25) is 0 Å². The van der Waals surface area contributed by atoms with Gasteiger partial charge in [-0.2, -0.15) is 0 Å². The van der Waals surface area contributed by atoms with Crippen LogP contribution in [0.25, 0.3) is 0 Å². The van der Waals surface area contributed by atoms with E-state index in [1.165, 1.54) is 12.1 Å². The first-order valence-corrected chi connectivity index (χ1v) is 6.18. The molecule has 0 fully saturated rings. The number of nitrogens with one attached hydrogen (secondary N) is 1. The van der Waals surface area contributed by atoms with Crippen molar-refractivity contribution in [3.63, 3.8) is 0 Å². The summed E-state index contributed by atoms with van der Waals surface area (Å²) in [6, 6.07) is 4.43. The molecule has 0 spiro atoms. The normalized spacial score (nSPS) is 15.4. The molecule has 0 aromatic heterocycles. The number of phenolic OH excluding ortho intramolecular Hbond substituents is 2. The van der Waals surface area contributed by atoms with Crippen molar-refractivity contribution in [2.45, 2.75) is 45.3 Å². The lowest BCUT2D eigenvalue weighted by molar-refractivity contribution is 0.0264. The Bertz CT molecular complexity index is 412. The van der Waals surface area contributed by atoms with Gasteiger partial charge in [-0.15, -0.1) is 0 Å². The minimum Gasteiger partial charge on any atom is -0.504 e. The smallest absolute Gasteiger partial charge is 0.157 e. The number of β-amino-alcohol motifs (C(OH)–C–C–N with tert-alkyl or cyclic N) is 1. The molecule has 0 saturated heterocycles. The standard InChI is InChI=1S/C14H23NO3/c1-5-14(18,9-15-13(2,3)4)10-6-7-11(16)12(17)8-10/h6-8,15-18H,5,9H2,1-4H3. The summed E-state index contributed by atoms with van der Waals surface area (Å²) in [5.41, 5.74) is -0.558. The largest absolute Gasteiger partial charge is 0.504 e. The molecule has 1 rings (SSSR count). The average Bonchev–Trinajstić information content (AvgIpc) is 2.28. The van der Waals surface area contributed by atoms with Gasteiger partial charge in [0, 0.05) is 12.1 Å². The van der Waals surface area contributed by atoms with E-state index in [0.717, 1.165) is 0 Å². The highest BCUT2D eigenvalue weighted by molar-refractivity contribution is 5.42. The number of hydrogen-bond donors (Lipinski definition) is 4. The van der Waals surface area contributed by atoms with Crippen LogP contribution in [0.5, 0.6) is 11.5 Å². The summed E-state index contributed by atoms with van der Waals surface area (Å²) in [6.07, 6.45) is 0.514. The lowest BCUT2D eigenvalue weighted by Crippen LogP contribution is -2.45. The summed E-state index contributed by atoms with van der Waals surface area (Å²) in [6.45, 7) is 8.34. The number of aromatic hydroxyl groups is 2. The Morgan fingerprint density at radius 1 is 1.11 bits per heavy atom. The third-order valence-corrected chi connectivity index (χ3v) is 3.01. The van der Waals surface area contributed by atoms with Crippen molar-refractivity contribution < 1.29 is 15.3 Å². The fourth-order valence-corrected chi connectivity index (χ4v) is 1.66. The molecule has 0 aliphatic heterocycles. The Kier molecular flexibility index (Phi) is 4.24. The number of aliphatic hydroxyl groups is 1. The number of phenols is 2. The summed E-state index contributed by atoms with van der Waals surface area (Å²) in [5.74, 6) is -0.392. The predicted octanol–water partition coefficient (Wildman–Crippen LogP) is 2.08. The van der Waals surface area contributed by atoms with E-state index in [2.05, 4.69) is 5.32 Å². The van der Waals surface area contributed by atoms with Crippen LogP contribution in [0.3, 0.4) is 0 Å². The zero-order valence-electron chi connectivity index (χ0n) is 11.5. The van der Waals surface area contributed by atoms with Gasteiger partial charge in [0.1, 0.15) is 5.60 Å². The number of hydrogen-bond acceptors (Lipinski definition) is 4. The predicted molar refractivity (Wildman–Crippen MR) is 71.7 cm³/mol. The van der Waals surface area contributed by atoms with Crippen molar-refractivity contribution in [2.75, 3.05) is 6.54 Å². The second-order valence-electron chi connectivity index (χ2n) is 5.69. The summed E-state index contributed by atoms with van der Waals surface area (Å²) >= 11 is 0. The molecule has 4 heteroatoms. The fourth-order valence-electron chi connectivity index (χ4n) is 1.66. The molecular weight excluding hydrogens is 230 g/mol. The zero-order chi connectivity index (χ0) is 14.0. The van der Waals surface area contributed by atoms with Crippen LogP contribution >= 0.6 is 0 Å². The minimum absolute atomic E-state index is 0.0951. The Morgan fingerprint density at radius 2 is 1.72 bits per heavy atom. The Balaban J connectivity index is 2.96. The molecule has 0 radical (unpaired) electrons. The van der Waals surface area contributed by atoms with E-state index in [4.69, 9.17) is 0 Å². The van der Waals surface area contributed by atoms with Crippen molar-refractivity contribution in [2.24, 2.45) is 0 Å². The molecule has 4 nitrogen and oxygen atoms in total. The molecule has 0 aliphatic carbocycles. The maximum absolute atomic E-state index is 10.6. The second kappa shape index (κ2) is 5.16. The van der Waals surface area contributed by atoms with Crippen LogP contribution in [0.15, 0.2) is 18.2 Å². The van der Waals surface area contributed by atoms with Gasteiger partial charge in [0.15, 0.2) is 11.5 Å². The first-order valence-electron chi connectivity index (χ1n) is 6.18. The molecule has 1 unspecified atom stereocenters. The molecule has 0 saturated carbocycles. The molecule has 0 aliphatic rings. The van der Waals surface area contributed by atoms with E-state index in [0.29, 0.717) is 18.5 Å². The summed E-state index contributed by atoms with van der Waals surface area (Å²) < 4.78 is 0. The molecule has 0 heterocycles. The summed E-state index contributed by atoms with van der Waals surface area (Å²) in [7, 11) is 0. The van der Waals surface area contributed by atoms with E-state index >= 15 is 0 Å². The lowest BCUT2D eigenvalue weighted by atomic mass is 9.90. The average molecular weight is 253 g/mol. The molecule has 1 aromatic carbocycles. The van der Waals surface area contributed by atoms with Gasteiger partial charge >= 0.3 is 0 Å². The zero-order valence-corrected chi connectivity index (χ0v) is 11.5. The highest BCUT2D eigenvalue weighted by Gasteiger charge is 2.29. The van der Waals surface area contributed by atoms with Gasteiger partial charge in [0.25, 0.3) is 0 Å². The Hall–Kier alpha value is -1.26. The van der Waals surface area contributed by atoms with Gasteiger partial charge in [-0.25, -0.2) is 0 Å². The lowest BCUT2D eigenvalue weighted by Gasteiger charge is -2.32. The van der Waals surface area contributed by atoms with E-state index in [1.54, 1.807) is 6.07 Å². The first-order chi connectivity index (χ1) is 8.18. The van der Waals surface area contributed by atoms with Crippen LogP contribution in [0.4, 0.5) is 0 Å². The van der Waals surface area contributed by atoms with E-state index < -0.39 is 5.60 Å². The molecule has 1 aromatic rings. The van der Waals surface area contributed by atoms with Crippen LogP contribution in [0.1, 0.15) is 39.7 Å². The second-order valence-corrected chi connectivity index (χ2v) is 5.69. The molecule has 102 valence electrons. The van der Waals surface area contributed by atoms with Crippen molar-refractivity contribution in [3.8, 4) is 11.5 Å². The van der Waals surface area contributed by atoms with Gasteiger partial charge < -0.3 is 20.6 Å². The highest BCUT2D eigenvalue weighted by atomic mass is 16.3. The van der Waals surface area contributed by atoms with Gasteiger partial charge in [-0.3, -0.25) is 0 Å². The highest BCUT2D eigenvalue weighted by Crippen LogP contribution is 2.32. The molecule has 0 bridgehead atoms. The Labute approximate surface area is 108 Å². The molecular formula is C14H23NO3. The van der Waals surface area contributed by atoms with Gasteiger partial charge in [-0.1, -0.05) is 13.0 Å². The van der Waals surface area contributed by atoms with Gasteiger partial charge in [-0.05, 0) is 44.9 Å². The van der Waals surface area contributed by atoms with Crippen LogP contribution in [-0.4, -0.2) is 27.4 Å². The van der Waals surface area contributed by atoms with Crippen molar-refractivity contribution in [3.05, 3.63) is 23.8 Å². The maximum Gasteiger partial charge on any atom is 0.157 e. The third-order valence-electron chi connectivity index (χ3n) is 3.01. The Morgan fingerprint density at radius 3 is 2.17 bits per heavy atom. The number of benzene rings is 1. The molecule has 1 atom stereocenters.